The third-order valence-electron chi connectivity index (χ3n) is 2.88. The van der Waals surface area contributed by atoms with E-state index in [1.165, 1.54) is 19.3 Å². The first kappa shape index (κ1) is 13.5. The molecule has 1 unspecified atom stereocenters. The highest BCUT2D eigenvalue weighted by Crippen LogP contribution is 2.16. The Morgan fingerprint density at radius 2 is 2.00 bits per heavy atom. The van der Waals surface area contributed by atoms with Crippen LogP contribution >= 0.6 is 0 Å². The van der Waals surface area contributed by atoms with E-state index in [0.29, 0.717) is 24.1 Å². The number of carbonyl (C=O) groups is 1. The van der Waals surface area contributed by atoms with Crippen LogP contribution in [-0.2, 0) is 10.8 Å². The van der Waals surface area contributed by atoms with Gasteiger partial charge in [0.05, 0.1) is 0 Å². The van der Waals surface area contributed by atoms with Crippen LogP contribution in [0.2, 0.25) is 0 Å². The van der Waals surface area contributed by atoms with E-state index in [1.54, 1.807) is 0 Å². The SMILES string of the molecule is CCS(=O)CCNC(=O)NC1CCCCC1. The molecule has 4 nitrogen and oxygen atoms in total. The third kappa shape index (κ3) is 5.49. The molecule has 0 aromatic carbocycles. The molecule has 0 aliphatic heterocycles. The first-order valence-corrected chi connectivity index (χ1v) is 7.60. The molecule has 1 rings (SSSR count). The minimum Gasteiger partial charge on any atom is -0.337 e. The molecule has 1 saturated carbocycles. The number of nitrogens with one attached hydrogen (secondary N) is 2. The Labute approximate surface area is 100 Å². The lowest BCUT2D eigenvalue weighted by Crippen LogP contribution is -2.43. The molecule has 0 bridgehead atoms. The molecule has 1 atom stereocenters. The van der Waals surface area contributed by atoms with E-state index in [-0.39, 0.29) is 6.03 Å². The Morgan fingerprint density at radius 3 is 2.62 bits per heavy atom. The molecule has 1 fully saturated rings. The van der Waals surface area contributed by atoms with Crippen molar-refractivity contribution in [2.24, 2.45) is 0 Å². The van der Waals surface area contributed by atoms with Crippen LogP contribution in [0.5, 0.6) is 0 Å². The molecule has 94 valence electrons. The van der Waals surface area contributed by atoms with Gasteiger partial charge in [0.25, 0.3) is 0 Å². The van der Waals surface area contributed by atoms with Gasteiger partial charge in [0.2, 0.25) is 0 Å². The lowest BCUT2D eigenvalue weighted by Gasteiger charge is -2.22. The van der Waals surface area contributed by atoms with Gasteiger partial charge in [-0.3, -0.25) is 4.21 Å². The van der Waals surface area contributed by atoms with Crippen LogP contribution in [0, 0.1) is 0 Å². The van der Waals surface area contributed by atoms with Crippen LogP contribution in [0.1, 0.15) is 39.0 Å². The maximum Gasteiger partial charge on any atom is 0.315 e. The van der Waals surface area contributed by atoms with Crippen molar-refractivity contribution in [3.8, 4) is 0 Å². The molecule has 0 aromatic heterocycles. The number of hydrogen-bond donors (Lipinski definition) is 2. The fourth-order valence-electron chi connectivity index (χ4n) is 1.91. The summed E-state index contributed by atoms with van der Waals surface area (Å²) < 4.78 is 11.1. The lowest BCUT2D eigenvalue weighted by atomic mass is 9.96. The molecule has 5 heteroatoms. The van der Waals surface area contributed by atoms with Crippen molar-refractivity contribution in [1.82, 2.24) is 10.6 Å². The van der Waals surface area contributed by atoms with Crippen LogP contribution in [0.15, 0.2) is 0 Å². The fourth-order valence-corrected chi connectivity index (χ4v) is 2.52. The summed E-state index contributed by atoms with van der Waals surface area (Å²) in [5.74, 6) is 1.21. The first-order chi connectivity index (χ1) is 7.72. The maximum absolute atomic E-state index is 11.5. The van der Waals surface area contributed by atoms with E-state index in [1.807, 2.05) is 6.92 Å². The second-order valence-electron chi connectivity index (χ2n) is 4.17. The average molecular weight is 246 g/mol. The molecular formula is C11H22N2O2S. The number of hydrogen-bond acceptors (Lipinski definition) is 2. The van der Waals surface area contributed by atoms with E-state index in [4.69, 9.17) is 0 Å². The number of carbonyl (C=O) groups excluding carboxylic acids is 1. The van der Waals surface area contributed by atoms with Crippen LogP contribution < -0.4 is 10.6 Å². The molecule has 2 amide bonds. The van der Waals surface area contributed by atoms with Crippen LogP contribution in [-0.4, -0.2) is 34.3 Å². The average Bonchev–Trinajstić information content (AvgIpc) is 2.30. The Balaban J connectivity index is 2.08. The summed E-state index contributed by atoms with van der Waals surface area (Å²) in [4.78, 5) is 11.5. The number of amides is 2. The Bertz CT molecular complexity index is 240. The van der Waals surface area contributed by atoms with Crippen molar-refractivity contribution >= 4 is 16.8 Å². The fraction of sp³-hybridized carbons (Fsp3) is 0.909. The van der Waals surface area contributed by atoms with Crippen molar-refractivity contribution < 1.29 is 9.00 Å². The Morgan fingerprint density at radius 1 is 1.31 bits per heavy atom. The summed E-state index contributed by atoms with van der Waals surface area (Å²) in [6.07, 6.45) is 5.90. The molecule has 1 aliphatic rings. The van der Waals surface area contributed by atoms with Crippen LogP contribution in [0.3, 0.4) is 0 Å². The third-order valence-corrected chi connectivity index (χ3v) is 4.18. The second-order valence-corrected chi connectivity index (χ2v) is 6.03. The van der Waals surface area contributed by atoms with Gasteiger partial charge in [-0.05, 0) is 12.8 Å². The minimum atomic E-state index is -0.793. The van der Waals surface area contributed by atoms with Crippen molar-refractivity contribution in [3.05, 3.63) is 0 Å². The first-order valence-electron chi connectivity index (χ1n) is 6.11. The largest absolute Gasteiger partial charge is 0.337 e. The summed E-state index contributed by atoms with van der Waals surface area (Å²) in [6, 6.07) is 0.227. The van der Waals surface area contributed by atoms with Gasteiger partial charge in [0.1, 0.15) is 0 Å². The molecule has 0 heterocycles. The molecule has 0 saturated heterocycles. The molecule has 16 heavy (non-hydrogen) atoms. The van der Waals surface area contributed by atoms with E-state index < -0.39 is 10.8 Å². The Hall–Kier alpha value is -0.580. The van der Waals surface area contributed by atoms with E-state index in [2.05, 4.69) is 10.6 Å². The maximum atomic E-state index is 11.5. The van der Waals surface area contributed by atoms with Gasteiger partial charge in [0, 0.05) is 34.9 Å². The van der Waals surface area contributed by atoms with E-state index in [0.717, 1.165) is 12.8 Å². The quantitative estimate of drug-likeness (QED) is 0.770. The molecular weight excluding hydrogens is 224 g/mol. The van der Waals surface area contributed by atoms with Crippen LogP contribution in [0.25, 0.3) is 0 Å². The van der Waals surface area contributed by atoms with Crippen molar-refractivity contribution in [3.63, 3.8) is 0 Å². The lowest BCUT2D eigenvalue weighted by molar-refractivity contribution is 0.233. The van der Waals surface area contributed by atoms with Gasteiger partial charge in [-0.15, -0.1) is 0 Å². The van der Waals surface area contributed by atoms with Gasteiger partial charge in [0.15, 0.2) is 0 Å². The summed E-state index contributed by atoms with van der Waals surface area (Å²) in [7, 11) is -0.793. The normalized spacial score (nSPS) is 19.1. The summed E-state index contributed by atoms with van der Waals surface area (Å²) >= 11 is 0. The molecule has 1 aliphatic carbocycles. The number of rotatable bonds is 5. The van der Waals surface area contributed by atoms with E-state index >= 15 is 0 Å². The number of urea groups is 1. The molecule has 2 N–H and O–H groups in total. The van der Waals surface area contributed by atoms with E-state index in [9.17, 15) is 9.00 Å². The second kappa shape index (κ2) is 7.65. The zero-order chi connectivity index (χ0) is 11.8. The van der Waals surface area contributed by atoms with Gasteiger partial charge < -0.3 is 10.6 Å². The molecule has 0 radical (unpaired) electrons. The highest BCUT2D eigenvalue weighted by Gasteiger charge is 2.15. The molecule has 0 aromatic rings. The van der Waals surface area contributed by atoms with Gasteiger partial charge in [-0.1, -0.05) is 26.2 Å². The van der Waals surface area contributed by atoms with Crippen molar-refractivity contribution in [1.29, 1.82) is 0 Å². The summed E-state index contributed by atoms with van der Waals surface area (Å²) in [6.45, 7) is 2.39. The monoisotopic (exact) mass is 246 g/mol. The Kier molecular flexibility index (Phi) is 6.45. The van der Waals surface area contributed by atoms with Crippen molar-refractivity contribution in [2.45, 2.75) is 45.1 Å². The van der Waals surface area contributed by atoms with Gasteiger partial charge in [-0.25, -0.2) is 4.79 Å². The van der Waals surface area contributed by atoms with Crippen molar-refractivity contribution in [2.75, 3.05) is 18.1 Å². The molecule has 0 spiro atoms. The van der Waals surface area contributed by atoms with Gasteiger partial charge >= 0.3 is 6.03 Å². The predicted molar refractivity (Wildman–Crippen MR) is 67.0 cm³/mol. The highest BCUT2D eigenvalue weighted by molar-refractivity contribution is 7.84. The summed E-state index contributed by atoms with van der Waals surface area (Å²) in [5.41, 5.74) is 0. The van der Waals surface area contributed by atoms with Gasteiger partial charge in [-0.2, -0.15) is 0 Å². The van der Waals surface area contributed by atoms with Crippen LogP contribution in [0.4, 0.5) is 4.79 Å². The zero-order valence-electron chi connectivity index (χ0n) is 9.96. The minimum absolute atomic E-state index is 0.111. The standard InChI is InChI=1S/C11H22N2O2S/c1-2-16(15)9-8-12-11(14)13-10-6-4-3-5-7-10/h10H,2-9H2,1H3,(H2,12,13,14). The summed E-state index contributed by atoms with van der Waals surface area (Å²) in [5, 5.41) is 5.71. The highest BCUT2D eigenvalue weighted by atomic mass is 32.2. The topological polar surface area (TPSA) is 58.2 Å². The smallest absolute Gasteiger partial charge is 0.315 e. The predicted octanol–water partition coefficient (Wildman–Crippen LogP) is 1.39. The zero-order valence-corrected chi connectivity index (χ0v) is 10.8.